The number of rotatable bonds is 7. The molecular formula is C18H30N2O. The summed E-state index contributed by atoms with van der Waals surface area (Å²) in [7, 11) is 4.15. The Balaban J connectivity index is 1.92. The molecule has 0 aromatic heterocycles. The fourth-order valence-corrected chi connectivity index (χ4v) is 3.65. The van der Waals surface area contributed by atoms with Crippen molar-refractivity contribution in [1.29, 1.82) is 0 Å². The molecule has 0 saturated heterocycles. The molecule has 3 heteroatoms. The van der Waals surface area contributed by atoms with Crippen molar-refractivity contribution in [3.8, 4) is 0 Å². The SMILES string of the molecule is CCc1ccc(N(C)CCC2CCCC2(CO)NC)cc1. The van der Waals surface area contributed by atoms with E-state index in [-0.39, 0.29) is 12.1 Å². The van der Waals surface area contributed by atoms with Crippen LogP contribution in [-0.4, -0.2) is 37.9 Å². The first-order chi connectivity index (χ1) is 10.1. The minimum atomic E-state index is -0.0487. The zero-order valence-electron chi connectivity index (χ0n) is 13.7. The monoisotopic (exact) mass is 290 g/mol. The molecule has 0 spiro atoms. The van der Waals surface area contributed by atoms with Crippen LogP contribution in [0.3, 0.4) is 0 Å². The van der Waals surface area contributed by atoms with Crippen LogP contribution in [0, 0.1) is 5.92 Å². The summed E-state index contributed by atoms with van der Waals surface area (Å²) in [5, 5.41) is 13.1. The van der Waals surface area contributed by atoms with E-state index in [1.807, 2.05) is 7.05 Å². The van der Waals surface area contributed by atoms with Gasteiger partial charge in [-0.1, -0.05) is 25.5 Å². The molecule has 2 N–H and O–H groups in total. The predicted octanol–water partition coefficient (Wildman–Crippen LogP) is 2.83. The smallest absolute Gasteiger partial charge is 0.0615 e. The Bertz CT molecular complexity index is 425. The number of aryl methyl sites for hydroxylation is 1. The number of anilines is 1. The van der Waals surface area contributed by atoms with Crippen molar-refractivity contribution in [2.24, 2.45) is 5.92 Å². The molecule has 1 fully saturated rings. The van der Waals surface area contributed by atoms with Gasteiger partial charge in [-0.2, -0.15) is 0 Å². The van der Waals surface area contributed by atoms with Crippen LogP contribution in [0.4, 0.5) is 5.69 Å². The van der Waals surface area contributed by atoms with Crippen molar-refractivity contribution < 1.29 is 5.11 Å². The molecule has 0 heterocycles. The van der Waals surface area contributed by atoms with E-state index in [0.717, 1.165) is 25.8 Å². The molecule has 0 radical (unpaired) electrons. The standard InChI is InChI=1S/C18H30N2O/c1-4-15-7-9-17(10-8-15)20(3)13-11-16-6-5-12-18(16,14-21)19-2/h7-10,16,19,21H,4-6,11-14H2,1-3H3. The lowest BCUT2D eigenvalue weighted by Gasteiger charge is -2.34. The molecule has 118 valence electrons. The minimum absolute atomic E-state index is 0.0487. The van der Waals surface area contributed by atoms with Crippen LogP contribution in [0.2, 0.25) is 0 Å². The van der Waals surface area contributed by atoms with Gasteiger partial charge in [-0.25, -0.2) is 0 Å². The zero-order chi connectivity index (χ0) is 15.3. The van der Waals surface area contributed by atoms with Crippen LogP contribution < -0.4 is 10.2 Å². The van der Waals surface area contributed by atoms with E-state index in [1.165, 1.54) is 24.1 Å². The normalized spacial score (nSPS) is 25.2. The molecule has 0 amide bonds. The number of hydrogen-bond acceptors (Lipinski definition) is 3. The number of nitrogens with zero attached hydrogens (tertiary/aromatic N) is 1. The van der Waals surface area contributed by atoms with Gasteiger partial charge in [0.2, 0.25) is 0 Å². The second-order valence-electron chi connectivity index (χ2n) is 6.38. The highest BCUT2D eigenvalue weighted by Crippen LogP contribution is 2.37. The Morgan fingerprint density at radius 2 is 2.05 bits per heavy atom. The summed E-state index contributed by atoms with van der Waals surface area (Å²) < 4.78 is 0. The second kappa shape index (κ2) is 7.28. The molecule has 2 unspecified atom stereocenters. The molecule has 2 rings (SSSR count). The number of benzene rings is 1. The van der Waals surface area contributed by atoms with E-state index in [2.05, 4.69) is 48.5 Å². The van der Waals surface area contributed by atoms with Gasteiger partial charge in [0.05, 0.1) is 6.61 Å². The fourth-order valence-electron chi connectivity index (χ4n) is 3.65. The van der Waals surface area contributed by atoms with Crippen molar-refractivity contribution in [2.45, 2.75) is 44.6 Å². The van der Waals surface area contributed by atoms with Gasteiger partial charge in [-0.3, -0.25) is 0 Å². The minimum Gasteiger partial charge on any atom is -0.394 e. The molecule has 0 bridgehead atoms. The number of aliphatic hydroxyl groups excluding tert-OH is 1. The Morgan fingerprint density at radius 3 is 2.62 bits per heavy atom. The van der Waals surface area contributed by atoms with Gasteiger partial charge in [0.1, 0.15) is 0 Å². The van der Waals surface area contributed by atoms with Gasteiger partial charge in [-0.05, 0) is 56.3 Å². The molecule has 1 aromatic carbocycles. The highest BCUT2D eigenvalue weighted by atomic mass is 16.3. The maximum Gasteiger partial charge on any atom is 0.0615 e. The van der Waals surface area contributed by atoms with E-state index >= 15 is 0 Å². The molecule has 1 aromatic rings. The maximum absolute atomic E-state index is 9.75. The first-order valence-corrected chi connectivity index (χ1v) is 8.25. The Labute approximate surface area is 129 Å². The molecular weight excluding hydrogens is 260 g/mol. The predicted molar refractivity (Wildman–Crippen MR) is 89.9 cm³/mol. The van der Waals surface area contributed by atoms with Gasteiger partial charge in [0, 0.05) is 24.8 Å². The summed E-state index contributed by atoms with van der Waals surface area (Å²) in [4.78, 5) is 2.33. The van der Waals surface area contributed by atoms with E-state index < -0.39 is 0 Å². The van der Waals surface area contributed by atoms with E-state index in [4.69, 9.17) is 0 Å². The summed E-state index contributed by atoms with van der Waals surface area (Å²) in [6.45, 7) is 3.48. The van der Waals surface area contributed by atoms with E-state index in [9.17, 15) is 5.11 Å². The third-order valence-electron chi connectivity index (χ3n) is 5.34. The van der Waals surface area contributed by atoms with Crippen LogP contribution in [0.15, 0.2) is 24.3 Å². The molecule has 3 nitrogen and oxygen atoms in total. The third-order valence-corrected chi connectivity index (χ3v) is 5.34. The van der Waals surface area contributed by atoms with Crippen LogP contribution >= 0.6 is 0 Å². The number of likely N-dealkylation sites (N-methyl/N-ethyl adjacent to an activating group) is 1. The summed E-state index contributed by atoms with van der Waals surface area (Å²) in [5.41, 5.74) is 2.62. The lowest BCUT2D eigenvalue weighted by molar-refractivity contribution is 0.128. The van der Waals surface area contributed by atoms with E-state index in [0.29, 0.717) is 5.92 Å². The highest BCUT2D eigenvalue weighted by Gasteiger charge is 2.40. The average Bonchev–Trinajstić information content (AvgIpc) is 2.96. The summed E-state index contributed by atoms with van der Waals surface area (Å²) >= 11 is 0. The molecule has 1 aliphatic carbocycles. The van der Waals surface area contributed by atoms with Crippen molar-refractivity contribution in [2.75, 3.05) is 32.1 Å². The molecule has 1 saturated carbocycles. The van der Waals surface area contributed by atoms with Crippen molar-refractivity contribution >= 4 is 5.69 Å². The van der Waals surface area contributed by atoms with Gasteiger partial charge in [0.25, 0.3) is 0 Å². The van der Waals surface area contributed by atoms with Crippen LogP contribution in [0.1, 0.15) is 38.2 Å². The van der Waals surface area contributed by atoms with Crippen molar-refractivity contribution in [3.05, 3.63) is 29.8 Å². The first-order valence-electron chi connectivity index (χ1n) is 8.25. The maximum atomic E-state index is 9.75. The second-order valence-corrected chi connectivity index (χ2v) is 6.38. The van der Waals surface area contributed by atoms with Gasteiger partial charge < -0.3 is 15.3 Å². The van der Waals surface area contributed by atoms with Gasteiger partial charge in [0.15, 0.2) is 0 Å². The zero-order valence-corrected chi connectivity index (χ0v) is 13.7. The summed E-state index contributed by atoms with van der Waals surface area (Å²) in [6, 6.07) is 8.86. The number of nitrogens with one attached hydrogen (secondary N) is 1. The highest BCUT2D eigenvalue weighted by molar-refractivity contribution is 5.46. The molecule has 0 aliphatic heterocycles. The Morgan fingerprint density at radius 1 is 1.33 bits per heavy atom. The Hall–Kier alpha value is -1.06. The summed E-state index contributed by atoms with van der Waals surface area (Å²) in [6.07, 6.45) is 5.77. The van der Waals surface area contributed by atoms with E-state index in [1.54, 1.807) is 0 Å². The lowest BCUT2D eigenvalue weighted by Crippen LogP contribution is -2.50. The largest absolute Gasteiger partial charge is 0.394 e. The fraction of sp³-hybridized carbons (Fsp3) is 0.667. The van der Waals surface area contributed by atoms with Crippen LogP contribution in [-0.2, 0) is 6.42 Å². The third kappa shape index (κ3) is 3.58. The first kappa shape index (κ1) is 16.3. The number of hydrogen-bond donors (Lipinski definition) is 2. The molecule has 1 aliphatic rings. The average molecular weight is 290 g/mol. The van der Waals surface area contributed by atoms with Crippen molar-refractivity contribution in [3.63, 3.8) is 0 Å². The topological polar surface area (TPSA) is 35.5 Å². The molecule has 2 atom stereocenters. The van der Waals surface area contributed by atoms with Crippen LogP contribution in [0.25, 0.3) is 0 Å². The van der Waals surface area contributed by atoms with Gasteiger partial charge >= 0.3 is 0 Å². The van der Waals surface area contributed by atoms with Crippen molar-refractivity contribution in [1.82, 2.24) is 5.32 Å². The van der Waals surface area contributed by atoms with Crippen LogP contribution in [0.5, 0.6) is 0 Å². The van der Waals surface area contributed by atoms with Gasteiger partial charge in [-0.15, -0.1) is 0 Å². The molecule has 21 heavy (non-hydrogen) atoms. The Kier molecular flexibility index (Phi) is 5.65. The lowest BCUT2D eigenvalue weighted by atomic mass is 9.85. The number of aliphatic hydroxyl groups is 1. The quantitative estimate of drug-likeness (QED) is 0.810. The summed E-state index contributed by atoms with van der Waals surface area (Å²) in [5.74, 6) is 0.574.